The first-order chi connectivity index (χ1) is 32.0. The Morgan fingerprint density at radius 3 is 1.28 bits per heavy atom. The number of hydrogen-bond donors (Lipinski definition) is 0. The summed E-state index contributed by atoms with van der Waals surface area (Å²) in [5, 5.41) is 2.48. The number of nitrogens with zero attached hydrogens (tertiary/aromatic N) is 2. The Bertz CT molecular complexity index is 3410. The molecule has 0 unspecified atom stereocenters. The lowest BCUT2D eigenvalue weighted by Crippen LogP contribution is -2.26. The van der Waals surface area contributed by atoms with Crippen LogP contribution in [0.5, 0.6) is 0 Å². The molecule has 65 heavy (non-hydrogen) atoms. The van der Waals surface area contributed by atoms with Gasteiger partial charge in [-0.15, -0.1) is 0 Å². The van der Waals surface area contributed by atoms with Crippen LogP contribution in [0.15, 0.2) is 243 Å². The van der Waals surface area contributed by atoms with Gasteiger partial charge < -0.3 is 9.47 Å². The minimum absolute atomic E-state index is 0.247. The molecule has 10 aromatic carbocycles. The van der Waals surface area contributed by atoms with E-state index in [0.29, 0.717) is 0 Å². The van der Waals surface area contributed by atoms with Gasteiger partial charge in [-0.25, -0.2) is 0 Å². The minimum Gasteiger partial charge on any atom is -0.310 e. The molecule has 0 amide bonds. The lowest BCUT2D eigenvalue weighted by Gasteiger charge is -2.36. The second kappa shape index (κ2) is 15.6. The highest BCUT2D eigenvalue weighted by molar-refractivity contribution is 6.14. The van der Waals surface area contributed by atoms with E-state index in [9.17, 15) is 0 Å². The molecule has 0 saturated heterocycles. The van der Waals surface area contributed by atoms with Crippen molar-refractivity contribution in [3.05, 3.63) is 254 Å². The maximum atomic E-state index is 2.52. The molecule has 11 aromatic rings. The van der Waals surface area contributed by atoms with Crippen molar-refractivity contribution in [3.63, 3.8) is 0 Å². The van der Waals surface area contributed by atoms with E-state index in [2.05, 4.69) is 266 Å². The quantitative estimate of drug-likeness (QED) is 0.148. The molecule has 0 atom stereocenters. The average Bonchev–Trinajstić information content (AvgIpc) is 3.70. The summed E-state index contributed by atoms with van der Waals surface area (Å²) in [6.45, 7) is 4.78. The number of aromatic nitrogens is 1. The molecule has 12 rings (SSSR count). The highest BCUT2D eigenvalue weighted by Gasteiger charge is 2.36. The molecule has 0 spiro atoms. The van der Waals surface area contributed by atoms with E-state index in [4.69, 9.17) is 0 Å². The van der Waals surface area contributed by atoms with E-state index < -0.39 is 0 Å². The smallest absolute Gasteiger partial charge is 0.0583 e. The molecule has 2 heteroatoms. The summed E-state index contributed by atoms with van der Waals surface area (Å²) in [5.74, 6) is 0. The van der Waals surface area contributed by atoms with E-state index >= 15 is 0 Å². The molecule has 0 bridgehead atoms. The summed E-state index contributed by atoms with van der Waals surface area (Å²) < 4.78 is 2.52. The van der Waals surface area contributed by atoms with Gasteiger partial charge in [0, 0.05) is 33.2 Å². The summed E-state index contributed by atoms with van der Waals surface area (Å²) in [6, 6.07) is 89.0. The van der Waals surface area contributed by atoms with Crippen molar-refractivity contribution in [1.82, 2.24) is 4.57 Å². The fourth-order valence-electron chi connectivity index (χ4n) is 10.3. The van der Waals surface area contributed by atoms with Crippen molar-refractivity contribution in [2.45, 2.75) is 19.3 Å². The molecule has 0 aliphatic carbocycles. The van der Waals surface area contributed by atoms with E-state index in [-0.39, 0.29) is 5.41 Å². The van der Waals surface area contributed by atoms with Crippen molar-refractivity contribution in [2.75, 3.05) is 4.90 Å². The molecule has 308 valence electrons. The van der Waals surface area contributed by atoms with Crippen molar-refractivity contribution >= 4 is 38.9 Å². The number of hydrogen-bond acceptors (Lipinski definition) is 1. The highest BCUT2D eigenvalue weighted by Crippen LogP contribution is 2.51. The third kappa shape index (κ3) is 6.65. The lowest BCUT2D eigenvalue weighted by atomic mass is 9.74. The van der Waals surface area contributed by atoms with Gasteiger partial charge in [0.2, 0.25) is 0 Å². The Balaban J connectivity index is 1.10. The van der Waals surface area contributed by atoms with Crippen LogP contribution in [-0.2, 0) is 5.41 Å². The Kier molecular flexibility index (Phi) is 9.21. The Morgan fingerprint density at radius 1 is 0.308 bits per heavy atom. The number of benzene rings is 10. The topological polar surface area (TPSA) is 8.17 Å². The minimum atomic E-state index is -0.247. The SMILES string of the molecule is CC1(C)c2ccccc2-n2c3ccc(-c4cc(-c5cccc(-c6ccccc6)c5)cc(-c5cccc(-c6ccccc6)c5)c4)cc3c3cc(N(c4ccccc4)c4ccccc4)cc1c32. The first-order valence-corrected chi connectivity index (χ1v) is 22.6. The van der Waals surface area contributed by atoms with Crippen molar-refractivity contribution in [2.24, 2.45) is 0 Å². The Morgan fingerprint density at radius 2 is 0.738 bits per heavy atom. The molecule has 2 nitrogen and oxygen atoms in total. The summed E-state index contributed by atoms with van der Waals surface area (Å²) in [7, 11) is 0. The van der Waals surface area contributed by atoms with Gasteiger partial charge in [-0.05, 0) is 152 Å². The van der Waals surface area contributed by atoms with Gasteiger partial charge in [-0.2, -0.15) is 0 Å². The molecule has 1 aromatic heterocycles. The van der Waals surface area contributed by atoms with Crippen LogP contribution >= 0.6 is 0 Å². The zero-order valence-corrected chi connectivity index (χ0v) is 36.5. The maximum absolute atomic E-state index is 2.52. The fourth-order valence-corrected chi connectivity index (χ4v) is 10.3. The van der Waals surface area contributed by atoms with E-state index in [1.165, 1.54) is 94.3 Å². The molecule has 1 aliphatic rings. The summed E-state index contributed by atoms with van der Waals surface area (Å²) in [4.78, 5) is 2.41. The van der Waals surface area contributed by atoms with Gasteiger partial charge in [0.05, 0.1) is 16.7 Å². The summed E-state index contributed by atoms with van der Waals surface area (Å²) in [5.41, 5.74) is 21.4. The van der Waals surface area contributed by atoms with Crippen LogP contribution in [0.4, 0.5) is 17.1 Å². The second-order valence-electron chi connectivity index (χ2n) is 17.8. The normalized spacial score (nSPS) is 12.6. The van der Waals surface area contributed by atoms with Crippen molar-refractivity contribution in [3.8, 4) is 61.3 Å². The van der Waals surface area contributed by atoms with E-state index in [0.717, 1.165) is 17.1 Å². The highest BCUT2D eigenvalue weighted by atomic mass is 15.1. The number of rotatable bonds is 8. The predicted molar refractivity (Wildman–Crippen MR) is 275 cm³/mol. The number of para-hydroxylation sites is 3. The van der Waals surface area contributed by atoms with Crippen molar-refractivity contribution < 1.29 is 0 Å². The maximum Gasteiger partial charge on any atom is 0.0583 e. The van der Waals surface area contributed by atoms with Crippen LogP contribution in [0.25, 0.3) is 83.1 Å². The van der Waals surface area contributed by atoms with Crippen LogP contribution in [0.3, 0.4) is 0 Å². The molecule has 1 aliphatic heterocycles. The molecular formula is C63H46N2. The van der Waals surface area contributed by atoms with Gasteiger partial charge >= 0.3 is 0 Å². The predicted octanol–water partition coefficient (Wildman–Crippen LogP) is 17.2. The van der Waals surface area contributed by atoms with Crippen LogP contribution in [0.2, 0.25) is 0 Å². The third-order valence-electron chi connectivity index (χ3n) is 13.5. The molecule has 0 N–H and O–H groups in total. The zero-order valence-electron chi connectivity index (χ0n) is 36.5. The Hall–Kier alpha value is -8.20. The van der Waals surface area contributed by atoms with Gasteiger partial charge in [-0.1, -0.05) is 172 Å². The van der Waals surface area contributed by atoms with Crippen LogP contribution in [-0.4, -0.2) is 4.57 Å². The number of fused-ring (bicyclic) bond motifs is 5. The monoisotopic (exact) mass is 830 g/mol. The number of anilines is 3. The van der Waals surface area contributed by atoms with Crippen LogP contribution in [0, 0.1) is 0 Å². The molecule has 0 fully saturated rings. The van der Waals surface area contributed by atoms with Gasteiger partial charge in [0.25, 0.3) is 0 Å². The van der Waals surface area contributed by atoms with Gasteiger partial charge in [0.1, 0.15) is 0 Å². The molecular weight excluding hydrogens is 785 g/mol. The Labute approximate surface area is 381 Å². The van der Waals surface area contributed by atoms with E-state index in [1.54, 1.807) is 0 Å². The fraction of sp³-hybridized carbons (Fsp3) is 0.0476. The lowest BCUT2D eigenvalue weighted by molar-refractivity contribution is 0.630. The molecule has 0 saturated carbocycles. The first kappa shape index (κ1) is 38.5. The van der Waals surface area contributed by atoms with Gasteiger partial charge in [0.15, 0.2) is 0 Å². The first-order valence-electron chi connectivity index (χ1n) is 22.6. The third-order valence-corrected chi connectivity index (χ3v) is 13.5. The van der Waals surface area contributed by atoms with E-state index in [1.807, 2.05) is 0 Å². The second-order valence-corrected chi connectivity index (χ2v) is 17.8. The average molecular weight is 831 g/mol. The summed E-state index contributed by atoms with van der Waals surface area (Å²) >= 11 is 0. The van der Waals surface area contributed by atoms with Crippen molar-refractivity contribution in [1.29, 1.82) is 0 Å². The molecule has 2 heterocycles. The van der Waals surface area contributed by atoms with Crippen LogP contribution in [0.1, 0.15) is 25.0 Å². The largest absolute Gasteiger partial charge is 0.310 e. The zero-order chi connectivity index (χ0) is 43.5. The van der Waals surface area contributed by atoms with Crippen LogP contribution < -0.4 is 4.90 Å². The summed E-state index contributed by atoms with van der Waals surface area (Å²) in [6.07, 6.45) is 0. The molecule has 0 radical (unpaired) electrons. The van der Waals surface area contributed by atoms with Gasteiger partial charge in [-0.3, -0.25) is 0 Å². The standard InChI is InChI=1S/C63H46N2/c1-63(2)58-31-15-16-32-61(58)65-60-34-33-49(40-56(60)57-41-55(42-59(63)62(57)65)64(53-27-11-5-12-28-53)54-29-13-6-14-30-54)52-38-50(47-25-17-23-45(35-47)43-19-7-3-8-20-43)37-51(39-52)48-26-18-24-46(36-48)44-21-9-4-10-22-44/h3-42H,1-2H3.